The van der Waals surface area contributed by atoms with Crippen LogP contribution in [0, 0.1) is 0 Å². The van der Waals surface area contributed by atoms with E-state index in [1.807, 2.05) is 48.5 Å². The largest absolute Gasteiger partial charge is 0.489 e. The molecule has 4 heteroatoms. The summed E-state index contributed by atoms with van der Waals surface area (Å²) in [6.45, 7) is 3.60. The molecule has 0 spiro atoms. The summed E-state index contributed by atoms with van der Waals surface area (Å²) in [6.07, 6.45) is 1.01. The fourth-order valence-electron chi connectivity index (χ4n) is 3.59. The van der Waals surface area contributed by atoms with Gasteiger partial charge in [-0.15, -0.1) is 0 Å². The maximum atomic E-state index is 6.56. The van der Waals surface area contributed by atoms with Gasteiger partial charge in [0, 0.05) is 29.2 Å². The van der Waals surface area contributed by atoms with E-state index in [2.05, 4.69) is 35.8 Å². The summed E-state index contributed by atoms with van der Waals surface area (Å²) in [7, 11) is 0. The zero-order chi connectivity index (χ0) is 19.5. The Balaban J connectivity index is 1.75. The highest BCUT2D eigenvalue weighted by atomic mass is 16.5. The SMILES string of the molecule is CCCn1c(-c2ccc(N)cc2)c(N)c2ccc(OCc3ccccc3)cc21. The van der Waals surface area contributed by atoms with E-state index in [9.17, 15) is 0 Å². The van der Waals surface area contributed by atoms with Crippen LogP contribution in [0.2, 0.25) is 0 Å². The van der Waals surface area contributed by atoms with Gasteiger partial charge in [0.15, 0.2) is 0 Å². The molecule has 0 aliphatic rings. The Morgan fingerprint density at radius 1 is 0.893 bits per heavy atom. The molecule has 4 aromatic rings. The van der Waals surface area contributed by atoms with Gasteiger partial charge in [0.1, 0.15) is 12.4 Å². The zero-order valence-electron chi connectivity index (χ0n) is 16.1. The average Bonchev–Trinajstić information content (AvgIpc) is 3.00. The second kappa shape index (κ2) is 7.69. The van der Waals surface area contributed by atoms with Gasteiger partial charge >= 0.3 is 0 Å². The molecule has 0 atom stereocenters. The van der Waals surface area contributed by atoms with Crippen LogP contribution in [-0.4, -0.2) is 4.57 Å². The van der Waals surface area contributed by atoms with Crippen LogP contribution in [0.5, 0.6) is 5.75 Å². The van der Waals surface area contributed by atoms with Crippen LogP contribution in [0.1, 0.15) is 18.9 Å². The summed E-state index contributed by atoms with van der Waals surface area (Å²) in [4.78, 5) is 0. The van der Waals surface area contributed by atoms with Crippen molar-refractivity contribution in [2.45, 2.75) is 26.5 Å². The molecule has 0 unspecified atom stereocenters. The quantitative estimate of drug-likeness (QED) is 0.442. The fourth-order valence-corrected chi connectivity index (χ4v) is 3.59. The number of ether oxygens (including phenoxy) is 1. The number of fused-ring (bicyclic) bond motifs is 1. The first-order valence-electron chi connectivity index (χ1n) is 9.61. The maximum Gasteiger partial charge on any atom is 0.121 e. The number of benzene rings is 3. The van der Waals surface area contributed by atoms with Crippen LogP contribution in [0.15, 0.2) is 72.8 Å². The summed E-state index contributed by atoms with van der Waals surface area (Å²) < 4.78 is 8.32. The molecule has 0 saturated carbocycles. The normalized spacial score (nSPS) is 11.0. The van der Waals surface area contributed by atoms with E-state index in [1.54, 1.807) is 0 Å². The molecule has 4 rings (SSSR count). The second-order valence-electron chi connectivity index (χ2n) is 6.99. The van der Waals surface area contributed by atoms with Crippen LogP contribution in [0.25, 0.3) is 22.2 Å². The van der Waals surface area contributed by atoms with Crippen molar-refractivity contribution in [1.29, 1.82) is 0 Å². The van der Waals surface area contributed by atoms with Crippen LogP contribution in [-0.2, 0) is 13.2 Å². The Morgan fingerprint density at radius 2 is 1.64 bits per heavy atom. The first-order valence-corrected chi connectivity index (χ1v) is 9.61. The minimum absolute atomic E-state index is 0.543. The monoisotopic (exact) mass is 371 g/mol. The first-order chi connectivity index (χ1) is 13.7. The van der Waals surface area contributed by atoms with E-state index in [1.165, 1.54) is 0 Å². The number of nitrogens with two attached hydrogens (primary N) is 2. The van der Waals surface area contributed by atoms with E-state index in [-0.39, 0.29) is 0 Å². The molecular formula is C24H25N3O. The van der Waals surface area contributed by atoms with E-state index >= 15 is 0 Å². The van der Waals surface area contributed by atoms with Crippen LogP contribution >= 0.6 is 0 Å². The van der Waals surface area contributed by atoms with Gasteiger partial charge < -0.3 is 20.8 Å². The molecule has 1 heterocycles. The Hall–Kier alpha value is -3.40. The smallest absolute Gasteiger partial charge is 0.121 e. The average molecular weight is 371 g/mol. The highest BCUT2D eigenvalue weighted by molar-refractivity contribution is 6.01. The lowest BCUT2D eigenvalue weighted by molar-refractivity contribution is 0.306. The van der Waals surface area contributed by atoms with Crippen molar-refractivity contribution in [3.8, 4) is 17.0 Å². The third-order valence-corrected chi connectivity index (χ3v) is 4.95. The van der Waals surface area contributed by atoms with Gasteiger partial charge in [-0.2, -0.15) is 0 Å². The van der Waals surface area contributed by atoms with Gasteiger partial charge in [-0.05, 0) is 36.2 Å². The third kappa shape index (κ3) is 3.41. The molecule has 3 aromatic carbocycles. The van der Waals surface area contributed by atoms with Crippen molar-refractivity contribution in [3.05, 3.63) is 78.4 Å². The lowest BCUT2D eigenvalue weighted by Gasteiger charge is -2.11. The third-order valence-electron chi connectivity index (χ3n) is 4.95. The Kier molecular flexibility index (Phi) is 4.94. The molecule has 0 amide bonds. The molecule has 0 saturated heterocycles. The summed E-state index contributed by atoms with van der Waals surface area (Å²) in [5.74, 6) is 0.843. The summed E-state index contributed by atoms with van der Waals surface area (Å²) in [5.41, 5.74) is 18.3. The zero-order valence-corrected chi connectivity index (χ0v) is 16.1. The van der Waals surface area contributed by atoms with Crippen LogP contribution in [0.4, 0.5) is 11.4 Å². The van der Waals surface area contributed by atoms with Gasteiger partial charge in [0.2, 0.25) is 0 Å². The van der Waals surface area contributed by atoms with Crippen molar-refractivity contribution in [3.63, 3.8) is 0 Å². The number of anilines is 2. The molecule has 4 N–H and O–H groups in total. The fraction of sp³-hybridized carbons (Fsp3) is 0.167. The van der Waals surface area contributed by atoms with Gasteiger partial charge in [-0.1, -0.05) is 49.4 Å². The lowest BCUT2D eigenvalue weighted by atomic mass is 10.1. The number of hydrogen-bond donors (Lipinski definition) is 2. The summed E-state index contributed by atoms with van der Waals surface area (Å²) in [5, 5.41) is 1.05. The van der Waals surface area contributed by atoms with Crippen molar-refractivity contribution in [1.82, 2.24) is 4.57 Å². The van der Waals surface area contributed by atoms with Gasteiger partial charge in [-0.25, -0.2) is 0 Å². The molecule has 0 radical (unpaired) electrons. The Labute approximate surface area is 165 Å². The number of aromatic nitrogens is 1. The highest BCUT2D eigenvalue weighted by Crippen LogP contribution is 2.38. The van der Waals surface area contributed by atoms with Crippen molar-refractivity contribution in [2.75, 3.05) is 11.5 Å². The molecule has 4 nitrogen and oxygen atoms in total. The first kappa shape index (κ1) is 18.0. The van der Waals surface area contributed by atoms with Crippen molar-refractivity contribution < 1.29 is 4.74 Å². The van der Waals surface area contributed by atoms with Gasteiger partial charge in [0.25, 0.3) is 0 Å². The number of nitrogens with zero attached hydrogens (tertiary/aromatic N) is 1. The summed E-state index contributed by atoms with van der Waals surface area (Å²) >= 11 is 0. The predicted molar refractivity (Wildman–Crippen MR) is 117 cm³/mol. The van der Waals surface area contributed by atoms with Gasteiger partial charge in [-0.3, -0.25) is 0 Å². The number of aryl methyl sites for hydroxylation is 1. The molecule has 0 aliphatic heterocycles. The summed E-state index contributed by atoms with van der Waals surface area (Å²) in [6, 6.07) is 24.2. The van der Waals surface area contributed by atoms with E-state index < -0.39 is 0 Å². The van der Waals surface area contributed by atoms with Gasteiger partial charge in [0.05, 0.1) is 16.9 Å². The van der Waals surface area contributed by atoms with Crippen LogP contribution < -0.4 is 16.2 Å². The predicted octanol–water partition coefficient (Wildman–Crippen LogP) is 5.46. The van der Waals surface area contributed by atoms with Crippen molar-refractivity contribution in [2.24, 2.45) is 0 Å². The second-order valence-corrected chi connectivity index (χ2v) is 6.99. The standard InChI is InChI=1S/C24H25N3O/c1-2-14-27-22-15-20(28-16-17-6-4-3-5-7-17)12-13-21(22)23(26)24(27)18-8-10-19(25)11-9-18/h3-13,15H,2,14,16,25-26H2,1H3. The van der Waals surface area contributed by atoms with E-state index in [0.29, 0.717) is 6.61 Å². The molecule has 0 bridgehead atoms. The topological polar surface area (TPSA) is 66.2 Å². The van der Waals surface area contributed by atoms with Crippen LogP contribution in [0.3, 0.4) is 0 Å². The minimum Gasteiger partial charge on any atom is -0.489 e. The minimum atomic E-state index is 0.543. The Morgan fingerprint density at radius 3 is 2.36 bits per heavy atom. The Bertz CT molecular complexity index is 1080. The molecule has 142 valence electrons. The molecule has 0 fully saturated rings. The lowest BCUT2D eigenvalue weighted by Crippen LogP contribution is -2.01. The number of hydrogen-bond acceptors (Lipinski definition) is 3. The maximum absolute atomic E-state index is 6.56. The molecular weight excluding hydrogens is 346 g/mol. The molecule has 1 aromatic heterocycles. The number of rotatable bonds is 6. The van der Waals surface area contributed by atoms with Crippen molar-refractivity contribution >= 4 is 22.3 Å². The highest BCUT2D eigenvalue weighted by Gasteiger charge is 2.17. The molecule has 0 aliphatic carbocycles. The van der Waals surface area contributed by atoms with E-state index in [0.717, 1.165) is 57.8 Å². The molecule has 28 heavy (non-hydrogen) atoms. The van der Waals surface area contributed by atoms with E-state index in [4.69, 9.17) is 16.2 Å². The number of nitrogen functional groups attached to an aromatic ring is 2.